The van der Waals surface area contributed by atoms with Crippen LogP contribution in [0.1, 0.15) is 43.9 Å². The molecule has 13 nitrogen and oxygen atoms in total. The van der Waals surface area contributed by atoms with E-state index in [2.05, 4.69) is 10.3 Å². The third-order valence-corrected chi connectivity index (χ3v) is 12.3. The van der Waals surface area contributed by atoms with Crippen molar-refractivity contribution < 1.29 is 38.5 Å². The van der Waals surface area contributed by atoms with Gasteiger partial charge in [-0.15, -0.1) is 5.10 Å². The van der Waals surface area contributed by atoms with Crippen LogP contribution in [-0.4, -0.2) is 84.0 Å². The molecule has 0 unspecified atom stereocenters. The highest BCUT2D eigenvalue weighted by molar-refractivity contribution is 6.71. The number of carbonyl (C=O) groups excluding carboxylic acids is 3. The van der Waals surface area contributed by atoms with Gasteiger partial charge in [-0.3, -0.25) is 24.0 Å². The van der Waals surface area contributed by atoms with Crippen LogP contribution in [0.2, 0.25) is 18.6 Å². The minimum atomic E-state index is -2.92. The van der Waals surface area contributed by atoms with Crippen LogP contribution in [-0.2, 0) is 42.4 Å². The number of hydrogen-bond acceptors (Lipinski definition) is 10. The number of rotatable bonds is 12. The molecule has 2 aromatic carbocycles. The van der Waals surface area contributed by atoms with Crippen molar-refractivity contribution in [2.45, 2.75) is 75.9 Å². The number of nitrogens with zero attached hydrogens (tertiary/aromatic N) is 5. The summed E-state index contributed by atoms with van der Waals surface area (Å²) >= 11 is 0. The van der Waals surface area contributed by atoms with Crippen LogP contribution in [0.3, 0.4) is 0 Å². The van der Waals surface area contributed by atoms with Crippen molar-refractivity contribution in [3.8, 4) is 5.75 Å². The Bertz CT molecular complexity index is 1690. The van der Waals surface area contributed by atoms with Crippen LogP contribution in [0.4, 0.5) is 17.1 Å². The largest absolute Gasteiger partial charge is 0.482 e. The second-order valence-corrected chi connectivity index (χ2v) is 17.2. The monoisotopic (exact) mass is 677 g/mol. The van der Waals surface area contributed by atoms with Gasteiger partial charge in [-0.1, -0.05) is 24.3 Å². The lowest BCUT2D eigenvalue weighted by Gasteiger charge is -2.33. The molecule has 256 valence electrons. The standard InChI is InChI=1S/C34H43N5O8Si/c1-22-32(48(3,4)44)29(14-17-37-20-23(15-18-40)35-36-37)47-34(22)25-19-24(39-27-9-5-6-10-28(27)46-21-30(39)41)12-13-26(25)38(33(34)43)16-8-7-11-31(42)45-2/h5-6,9-10,12-13,19-20,22,29,32,40,44H,7-8,11,14-18,21H2,1-4H3/t22-,29+,32-,34+/m0/s1. The predicted molar refractivity (Wildman–Crippen MR) is 178 cm³/mol. The van der Waals surface area contributed by atoms with Gasteiger partial charge in [0, 0.05) is 61.4 Å². The average Bonchev–Trinajstić information content (AvgIpc) is 3.71. The zero-order valence-electron chi connectivity index (χ0n) is 27.8. The van der Waals surface area contributed by atoms with Gasteiger partial charge in [0.05, 0.1) is 30.3 Å². The molecular formula is C34H43N5O8Si. The van der Waals surface area contributed by atoms with Crippen molar-refractivity contribution in [2.75, 3.05) is 36.7 Å². The Morgan fingerprint density at radius 2 is 1.92 bits per heavy atom. The SMILES string of the molecule is COC(=O)CCCCN1C(=O)[C@]2(O[C@H](CCn3cc(CCO)nn3)[C@@H]([Si](C)(C)O)[C@@H]2C)c2cc(N3C(=O)COc4ccccc43)ccc21. The third kappa shape index (κ3) is 6.02. The first-order valence-electron chi connectivity index (χ1n) is 16.5. The lowest BCUT2D eigenvalue weighted by Crippen LogP contribution is -2.46. The van der Waals surface area contributed by atoms with E-state index in [1.807, 2.05) is 62.5 Å². The number of anilines is 3. The van der Waals surface area contributed by atoms with Crippen molar-refractivity contribution in [3.63, 3.8) is 0 Å². The van der Waals surface area contributed by atoms with Crippen LogP contribution in [0.25, 0.3) is 0 Å². The van der Waals surface area contributed by atoms with Crippen molar-refractivity contribution in [1.29, 1.82) is 0 Å². The van der Waals surface area contributed by atoms with Crippen molar-refractivity contribution >= 4 is 43.2 Å². The van der Waals surface area contributed by atoms with Gasteiger partial charge in [0.2, 0.25) is 0 Å². The van der Waals surface area contributed by atoms with Crippen LogP contribution >= 0.6 is 0 Å². The van der Waals surface area contributed by atoms with Crippen LogP contribution in [0.5, 0.6) is 5.75 Å². The summed E-state index contributed by atoms with van der Waals surface area (Å²) in [6.07, 6.45) is 3.56. The molecule has 0 saturated carbocycles. The van der Waals surface area contributed by atoms with Gasteiger partial charge in [-0.2, -0.15) is 0 Å². The van der Waals surface area contributed by atoms with Crippen LogP contribution in [0, 0.1) is 5.92 Å². The Kier molecular flexibility index (Phi) is 9.44. The average molecular weight is 678 g/mol. The number of unbranched alkanes of at least 4 members (excludes halogenated alkanes) is 1. The number of benzene rings is 2. The number of esters is 1. The number of amides is 2. The van der Waals surface area contributed by atoms with Crippen molar-refractivity contribution in [3.05, 3.63) is 59.9 Å². The minimum Gasteiger partial charge on any atom is -0.482 e. The molecule has 4 atom stereocenters. The van der Waals surface area contributed by atoms with Gasteiger partial charge in [0.1, 0.15) is 5.75 Å². The summed E-state index contributed by atoms with van der Waals surface area (Å²) in [5.74, 6) is -0.566. The molecule has 1 spiro atoms. The number of ether oxygens (including phenoxy) is 3. The zero-order chi connectivity index (χ0) is 34.2. The number of para-hydroxylation sites is 2. The first kappa shape index (κ1) is 33.8. The minimum absolute atomic E-state index is 0.0266. The van der Waals surface area contributed by atoms with E-state index < -0.39 is 25.9 Å². The Morgan fingerprint density at radius 3 is 2.67 bits per heavy atom. The van der Waals surface area contributed by atoms with Gasteiger partial charge >= 0.3 is 5.97 Å². The van der Waals surface area contributed by atoms with Gasteiger partial charge < -0.3 is 29.0 Å². The Hall–Kier alpha value is -4.11. The fraction of sp³-hybridized carbons (Fsp3) is 0.500. The van der Waals surface area contributed by atoms with Crippen molar-refractivity contribution in [2.24, 2.45) is 5.92 Å². The number of hydrogen-bond donors (Lipinski definition) is 2. The van der Waals surface area contributed by atoms with E-state index in [1.165, 1.54) is 7.11 Å². The molecule has 1 fully saturated rings. The highest BCUT2D eigenvalue weighted by Gasteiger charge is 2.66. The van der Waals surface area contributed by atoms with Gasteiger partial charge in [0.15, 0.2) is 20.5 Å². The number of fused-ring (bicyclic) bond motifs is 3. The summed E-state index contributed by atoms with van der Waals surface area (Å²) in [5, 5.41) is 17.6. The topological polar surface area (TPSA) is 157 Å². The van der Waals surface area contributed by atoms with Crippen LogP contribution in [0.15, 0.2) is 48.7 Å². The quantitative estimate of drug-likeness (QED) is 0.165. The first-order valence-corrected chi connectivity index (χ1v) is 19.5. The van der Waals surface area contributed by atoms with Gasteiger partial charge in [-0.25, -0.2) is 0 Å². The third-order valence-electron chi connectivity index (χ3n) is 9.77. The van der Waals surface area contributed by atoms with E-state index in [-0.39, 0.29) is 43.0 Å². The number of methoxy groups -OCH3 is 1. The molecule has 2 amide bonds. The highest BCUT2D eigenvalue weighted by Crippen LogP contribution is 2.60. The highest BCUT2D eigenvalue weighted by atomic mass is 28.4. The smallest absolute Gasteiger partial charge is 0.305 e. The lowest BCUT2D eigenvalue weighted by molar-refractivity contribution is -0.146. The molecule has 2 N–H and O–H groups in total. The summed E-state index contributed by atoms with van der Waals surface area (Å²) in [4.78, 5) is 54.9. The normalized spacial score (nSPS) is 23.4. The summed E-state index contributed by atoms with van der Waals surface area (Å²) in [6.45, 7) is 6.40. The van der Waals surface area contributed by atoms with E-state index in [0.29, 0.717) is 72.8 Å². The van der Waals surface area contributed by atoms with Gasteiger partial charge in [0.25, 0.3) is 11.8 Å². The van der Waals surface area contributed by atoms with E-state index in [1.54, 1.807) is 20.7 Å². The zero-order valence-corrected chi connectivity index (χ0v) is 28.8. The summed E-state index contributed by atoms with van der Waals surface area (Å²) < 4.78 is 19.2. The molecule has 48 heavy (non-hydrogen) atoms. The maximum absolute atomic E-state index is 14.8. The second-order valence-electron chi connectivity index (χ2n) is 13.3. The maximum Gasteiger partial charge on any atom is 0.305 e. The number of aliphatic hydroxyl groups is 1. The van der Waals surface area contributed by atoms with Gasteiger partial charge in [-0.05, 0) is 62.7 Å². The number of aliphatic hydroxyl groups excluding tert-OH is 1. The van der Waals surface area contributed by atoms with E-state index >= 15 is 0 Å². The molecule has 3 aliphatic rings. The summed E-state index contributed by atoms with van der Waals surface area (Å²) in [7, 11) is -1.56. The fourth-order valence-corrected chi connectivity index (χ4v) is 10.3. The molecule has 1 saturated heterocycles. The van der Waals surface area contributed by atoms with Crippen molar-refractivity contribution in [1.82, 2.24) is 15.0 Å². The molecule has 3 aliphatic heterocycles. The first-order chi connectivity index (χ1) is 23.0. The molecule has 0 radical (unpaired) electrons. The number of carbonyl (C=O) groups is 3. The Balaban J connectivity index is 1.39. The molecule has 0 bridgehead atoms. The molecule has 6 rings (SSSR count). The van der Waals surface area contributed by atoms with E-state index in [9.17, 15) is 24.3 Å². The summed E-state index contributed by atoms with van der Waals surface area (Å²) in [6, 6.07) is 12.9. The lowest BCUT2D eigenvalue weighted by atomic mass is 9.82. The second kappa shape index (κ2) is 13.4. The molecule has 1 aromatic heterocycles. The summed E-state index contributed by atoms with van der Waals surface area (Å²) in [5.41, 5.74) is 1.50. The molecular weight excluding hydrogens is 634 g/mol. The van der Waals surface area contributed by atoms with E-state index in [4.69, 9.17) is 14.2 Å². The Labute approximate surface area is 280 Å². The number of aryl methyl sites for hydroxylation is 1. The predicted octanol–water partition coefficient (Wildman–Crippen LogP) is 3.45. The molecule has 4 heterocycles. The van der Waals surface area contributed by atoms with E-state index in [0.717, 1.165) is 0 Å². The van der Waals surface area contributed by atoms with Crippen LogP contribution < -0.4 is 14.5 Å². The molecule has 3 aromatic rings. The molecule has 0 aliphatic carbocycles. The Morgan fingerprint density at radius 1 is 1.12 bits per heavy atom. The number of aromatic nitrogens is 3. The fourth-order valence-electron chi connectivity index (χ4n) is 7.66. The maximum atomic E-state index is 14.8. The molecule has 14 heteroatoms.